The lowest BCUT2D eigenvalue weighted by molar-refractivity contribution is -0.137. The Hall–Kier alpha value is -3.56. The number of hydrogen-bond donors (Lipinski definition) is 1. The molecule has 0 saturated heterocycles. The summed E-state index contributed by atoms with van der Waals surface area (Å²) in [6.07, 6.45) is -3.27. The molecule has 1 N–H and O–H groups in total. The second-order valence-electron chi connectivity index (χ2n) is 5.81. The monoisotopic (exact) mass is 393 g/mol. The van der Waals surface area contributed by atoms with Gasteiger partial charge in [0.25, 0.3) is 0 Å². The zero-order valence-corrected chi connectivity index (χ0v) is 13.9. The molecule has 0 atom stereocenters. The molecule has 0 amide bonds. The lowest BCUT2D eigenvalue weighted by Crippen LogP contribution is -2.07. The van der Waals surface area contributed by atoms with Crippen molar-refractivity contribution in [1.82, 2.24) is 14.8 Å². The quantitative estimate of drug-likeness (QED) is 0.530. The van der Waals surface area contributed by atoms with Crippen molar-refractivity contribution in [3.05, 3.63) is 76.5 Å². The summed E-state index contributed by atoms with van der Waals surface area (Å²) in [7, 11) is 0. The number of rotatable bonds is 5. The van der Waals surface area contributed by atoms with Gasteiger partial charge in [0.15, 0.2) is 17.8 Å². The van der Waals surface area contributed by atoms with Crippen LogP contribution in [0.3, 0.4) is 0 Å². The Bertz CT molecular complexity index is 1060. The summed E-state index contributed by atoms with van der Waals surface area (Å²) in [5.74, 6) is -2.26. The van der Waals surface area contributed by atoms with Crippen LogP contribution in [-0.4, -0.2) is 32.1 Å². The first-order chi connectivity index (χ1) is 13.2. The highest BCUT2D eigenvalue weighted by Crippen LogP contribution is 2.30. The summed E-state index contributed by atoms with van der Waals surface area (Å²) in [5.41, 5.74) is -1.34. The first kappa shape index (κ1) is 19.2. The molecule has 0 spiro atoms. The second-order valence-corrected chi connectivity index (χ2v) is 5.81. The largest absolute Gasteiger partial charge is 0.476 e. The van der Waals surface area contributed by atoms with Gasteiger partial charge in [-0.2, -0.15) is 18.3 Å². The normalized spacial score (nSPS) is 11.4. The number of pyridine rings is 1. The van der Waals surface area contributed by atoms with Gasteiger partial charge in [-0.3, -0.25) is 4.79 Å². The van der Waals surface area contributed by atoms with Crippen molar-refractivity contribution in [2.24, 2.45) is 0 Å². The van der Waals surface area contributed by atoms with Gasteiger partial charge in [-0.05, 0) is 35.9 Å². The molecule has 2 aromatic heterocycles. The zero-order chi connectivity index (χ0) is 20.5. The van der Waals surface area contributed by atoms with E-state index in [1.165, 1.54) is 24.4 Å². The van der Waals surface area contributed by atoms with Crippen LogP contribution in [0, 0.1) is 5.82 Å². The number of hydrogen-bond acceptors (Lipinski definition) is 4. The van der Waals surface area contributed by atoms with Crippen molar-refractivity contribution in [2.75, 3.05) is 0 Å². The Morgan fingerprint density at radius 2 is 1.96 bits per heavy atom. The number of nitrogens with zero attached hydrogens (tertiary/aromatic N) is 3. The van der Waals surface area contributed by atoms with Gasteiger partial charge in [-0.25, -0.2) is 18.9 Å². The number of carboxylic acid groups (broad SMARTS) is 1. The maximum absolute atomic E-state index is 13.5. The van der Waals surface area contributed by atoms with Crippen molar-refractivity contribution in [3.8, 4) is 5.82 Å². The highest BCUT2D eigenvalue weighted by Gasteiger charge is 2.31. The fourth-order valence-electron chi connectivity index (χ4n) is 2.58. The summed E-state index contributed by atoms with van der Waals surface area (Å²) in [5, 5.41) is 12.8. The molecule has 0 bridgehead atoms. The lowest BCUT2D eigenvalue weighted by atomic mass is 10.1. The molecular formula is C18H11F4N3O3. The van der Waals surface area contributed by atoms with E-state index in [0.717, 1.165) is 16.8 Å². The topological polar surface area (TPSA) is 85.1 Å². The molecule has 0 aliphatic rings. The number of carbonyl (C=O) groups excluding carboxylic acids is 1. The predicted octanol–water partition coefficient (Wildman–Crippen LogP) is 3.53. The minimum absolute atomic E-state index is 0.0669. The molecule has 28 heavy (non-hydrogen) atoms. The third-order valence-corrected chi connectivity index (χ3v) is 3.77. The van der Waals surface area contributed by atoms with Gasteiger partial charge >= 0.3 is 12.1 Å². The number of aldehydes is 1. The third kappa shape index (κ3) is 4.05. The van der Waals surface area contributed by atoms with Crippen LogP contribution >= 0.6 is 0 Å². The fraction of sp³-hybridized carbons (Fsp3) is 0.111. The van der Waals surface area contributed by atoms with E-state index in [9.17, 15) is 27.2 Å². The molecular weight excluding hydrogens is 382 g/mol. The van der Waals surface area contributed by atoms with E-state index >= 15 is 0 Å². The lowest BCUT2D eigenvalue weighted by Gasteiger charge is -2.10. The Kier molecular flexibility index (Phi) is 4.95. The van der Waals surface area contributed by atoms with Crippen LogP contribution in [-0.2, 0) is 12.6 Å². The molecule has 144 valence electrons. The van der Waals surface area contributed by atoms with Gasteiger partial charge in [0.1, 0.15) is 5.82 Å². The van der Waals surface area contributed by atoms with Gasteiger partial charge in [0.05, 0.1) is 11.1 Å². The van der Waals surface area contributed by atoms with Crippen molar-refractivity contribution in [2.45, 2.75) is 12.6 Å². The smallest absolute Gasteiger partial charge is 0.416 e. The second kappa shape index (κ2) is 7.22. The highest BCUT2D eigenvalue weighted by molar-refractivity contribution is 5.95. The molecule has 6 nitrogen and oxygen atoms in total. The SMILES string of the molecule is O=Cc1cn(-c2cccc(Cc3cc(F)cc(C(F)(F)F)c3)n2)nc1C(=O)O. The number of aromatic nitrogens is 3. The number of alkyl halides is 3. The molecule has 0 aliphatic heterocycles. The molecule has 0 radical (unpaired) electrons. The number of carboxylic acids is 1. The van der Waals surface area contributed by atoms with Crippen molar-refractivity contribution in [3.63, 3.8) is 0 Å². The molecule has 10 heteroatoms. The van der Waals surface area contributed by atoms with Gasteiger partial charge in [0, 0.05) is 18.3 Å². The van der Waals surface area contributed by atoms with E-state index in [0.29, 0.717) is 18.0 Å². The van der Waals surface area contributed by atoms with Crippen LogP contribution in [0.4, 0.5) is 17.6 Å². The van der Waals surface area contributed by atoms with E-state index in [2.05, 4.69) is 10.1 Å². The maximum atomic E-state index is 13.5. The maximum Gasteiger partial charge on any atom is 0.416 e. The molecule has 3 rings (SSSR count). The van der Waals surface area contributed by atoms with Crippen molar-refractivity contribution in [1.29, 1.82) is 0 Å². The van der Waals surface area contributed by atoms with Gasteiger partial charge in [-0.15, -0.1) is 0 Å². The number of aromatic carboxylic acids is 1. The molecule has 0 fully saturated rings. The van der Waals surface area contributed by atoms with Crippen LogP contribution in [0.1, 0.15) is 37.7 Å². The molecule has 0 aliphatic carbocycles. The Labute approximate surface area is 155 Å². The number of carbonyl (C=O) groups is 2. The third-order valence-electron chi connectivity index (χ3n) is 3.77. The Balaban J connectivity index is 1.94. The summed E-state index contributed by atoms with van der Waals surface area (Å²) < 4.78 is 53.1. The van der Waals surface area contributed by atoms with E-state index in [1.54, 1.807) is 0 Å². The van der Waals surface area contributed by atoms with Gasteiger partial charge < -0.3 is 5.11 Å². The van der Waals surface area contributed by atoms with Crippen LogP contribution in [0.15, 0.2) is 42.6 Å². The van der Waals surface area contributed by atoms with Crippen LogP contribution < -0.4 is 0 Å². The van der Waals surface area contributed by atoms with Gasteiger partial charge in [0.2, 0.25) is 0 Å². The molecule has 1 aromatic carbocycles. The highest BCUT2D eigenvalue weighted by atomic mass is 19.4. The van der Waals surface area contributed by atoms with E-state index in [4.69, 9.17) is 5.11 Å². The zero-order valence-electron chi connectivity index (χ0n) is 13.9. The summed E-state index contributed by atoms with van der Waals surface area (Å²) >= 11 is 0. The van der Waals surface area contributed by atoms with Crippen molar-refractivity contribution >= 4 is 12.3 Å². The summed E-state index contributed by atoms with van der Waals surface area (Å²) in [4.78, 5) is 26.3. The first-order valence-electron chi connectivity index (χ1n) is 7.78. The Morgan fingerprint density at radius 3 is 2.57 bits per heavy atom. The van der Waals surface area contributed by atoms with Crippen LogP contribution in [0.2, 0.25) is 0 Å². The average molecular weight is 393 g/mol. The molecule has 2 heterocycles. The van der Waals surface area contributed by atoms with Crippen LogP contribution in [0.25, 0.3) is 5.82 Å². The predicted molar refractivity (Wildman–Crippen MR) is 87.9 cm³/mol. The summed E-state index contributed by atoms with van der Waals surface area (Å²) in [6, 6.07) is 6.74. The van der Waals surface area contributed by atoms with Crippen molar-refractivity contribution < 1.29 is 32.3 Å². The minimum Gasteiger partial charge on any atom is -0.476 e. The van der Waals surface area contributed by atoms with E-state index < -0.39 is 29.2 Å². The Morgan fingerprint density at radius 1 is 1.21 bits per heavy atom. The van der Waals surface area contributed by atoms with Gasteiger partial charge in [-0.1, -0.05) is 6.07 Å². The average Bonchev–Trinajstić information content (AvgIpc) is 3.05. The van der Waals surface area contributed by atoms with E-state index in [-0.39, 0.29) is 23.4 Å². The fourth-order valence-corrected chi connectivity index (χ4v) is 2.58. The first-order valence-corrected chi connectivity index (χ1v) is 7.78. The number of halogens is 4. The van der Waals surface area contributed by atoms with E-state index in [1.807, 2.05) is 0 Å². The number of benzene rings is 1. The molecule has 3 aromatic rings. The molecule has 0 unspecified atom stereocenters. The minimum atomic E-state index is -4.68. The standard InChI is InChI=1S/C18H11F4N3O3/c19-13-5-10(4-12(7-13)18(20,21)22)6-14-2-1-3-15(23-14)25-8-11(9-26)16(24-25)17(27)28/h1-5,7-9H,6H2,(H,27,28). The van der Waals surface area contributed by atoms with Crippen LogP contribution in [0.5, 0.6) is 0 Å². The summed E-state index contributed by atoms with van der Waals surface area (Å²) in [6.45, 7) is 0. The molecule has 0 saturated carbocycles.